The summed E-state index contributed by atoms with van der Waals surface area (Å²) in [6.45, 7) is -2.52. The quantitative estimate of drug-likeness (QED) is 0.0558. The summed E-state index contributed by atoms with van der Waals surface area (Å²) < 4.78 is 167. The van der Waals surface area contributed by atoms with Crippen LogP contribution in [0.4, 0.5) is 26.3 Å². The highest BCUT2D eigenvalue weighted by Gasteiger charge is 2.17. The first-order valence-corrected chi connectivity index (χ1v) is 13.3. The summed E-state index contributed by atoms with van der Waals surface area (Å²) in [6.07, 6.45) is -5.64. The second kappa shape index (κ2) is 16.1. The topological polar surface area (TPSA) is 192 Å². The molecule has 240 valence electrons. The molecule has 0 aliphatic carbocycles. The van der Waals surface area contributed by atoms with Gasteiger partial charge in [-0.15, -0.1) is 0 Å². The lowest BCUT2D eigenvalue weighted by Gasteiger charge is -2.15. The Morgan fingerprint density at radius 2 is 0.953 bits per heavy atom. The Morgan fingerprint density at radius 1 is 0.581 bits per heavy atom. The highest BCUT2D eigenvalue weighted by molar-refractivity contribution is 7.81. The highest BCUT2D eigenvalue weighted by Crippen LogP contribution is 2.38. The number of halogens is 6. The van der Waals surface area contributed by atoms with Gasteiger partial charge in [0.25, 0.3) is 0 Å². The average Bonchev–Trinajstić information content (AvgIpc) is 2.89. The summed E-state index contributed by atoms with van der Waals surface area (Å²) in [7, 11) is -9.93. The van der Waals surface area contributed by atoms with E-state index in [9.17, 15) is 43.2 Å². The standard InChI is InChI=1S/C20H16F6O15S2/c21-17(22)19(25)38-13-3-1-11(9-15(13)33-5-7-35-40-42(27,28)29)37-12-2-4-14(39-20(26)18(23)24)16(10-12)34-6-8-36-41-43(30,31)32/h1-4,9-10H,5-8H2,(H,27,28,29)(H,30,31,32). The van der Waals surface area contributed by atoms with Gasteiger partial charge in [-0.2, -0.15) is 43.2 Å². The molecule has 0 saturated carbocycles. The normalized spacial score (nSPS) is 11.4. The lowest BCUT2D eigenvalue weighted by molar-refractivity contribution is -0.211. The van der Waals surface area contributed by atoms with Crippen LogP contribution < -0.4 is 23.7 Å². The molecule has 0 atom stereocenters. The first-order chi connectivity index (χ1) is 20.0. The van der Waals surface area contributed by atoms with Crippen LogP contribution in [0.3, 0.4) is 0 Å². The van der Waals surface area contributed by atoms with E-state index in [1.165, 1.54) is 0 Å². The van der Waals surface area contributed by atoms with E-state index in [-0.39, 0.29) is 11.5 Å². The van der Waals surface area contributed by atoms with Crippen LogP contribution in [0.2, 0.25) is 0 Å². The largest absolute Gasteiger partial charge is 0.487 e. The zero-order valence-corrected chi connectivity index (χ0v) is 22.2. The van der Waals surface area contributed by atoms with Crippen LogP contribution in [0.25, 0.3) is 0 Å². The van der Waals surface area contributed by atoms with E-state index < -0.39 is 94.4 Å². The van der Waals surface area contributed by atoms with Crippen LogP contribution in [-0.2, 0) is 39.2 Å². The third-order valence-electron chi connectivity index (χ3n) is 3.88. The van der Waals surface area contributed by atoms with Gasteiger partial charge in [-0.05, 0) is 24.3 Å². The fourth-order valence-corrected chi connectivity index (χ4v) is 2.84. The summed E-state index contributed by atoms with van der Waals surface area (Å²) in [4.78, 5) is 8.27. The van der Waals surface area contributed by atoms with Crippen molar-refractivity contribution in [1.29, 1.82) is 0 Å². The Kier molecular flexibility index (Phi) is 13.3. The van der Waals surface area contributed by atoms with Crippen molar-refractivity contribution in [2.75, 3.05) is 26.4 Å². The lowest BCUT2D eigenvalue weighted by Crippen LogP contribution is -2.11. The van der Waals surface area contributed by atoms with Crippen LogP contribution in [0, 0.1) is 0 Å². The molecule has 0 aliphatic heterocycles. The van der Waals surface area contributed by atoms with Crippen LogP contribution in [0.1, 0.15) is 0 Å². The number of ether oxygens (including phenoxy) is 5. The van der Waals surface area contributed by atoms with E-state index in [4.69, 9.17) is 23.3 Å². The van der Waals surface area contributed by atoms with Gasteiger partial charge < -0.3 is 23.7 Å². The fraction of sp³-hybridized carbons (Fsp3) is 0.200. The Hall–Kier alpha value is -3.84. The van der Waals surface area contributed by atoms with E-state index in [0.717, 1.165) is 36.4 Å². The van der Waals surface area contributed by atoms with Crippen LogP contribution in [-0.4, -0.2) is 52.4 Å². The van der Waals surface area contributed by atoms with E-state index >= 15 is 0 Å². The van der Waals surface area contributed by atoms with Crippen molar-refractivity contribution >= 4 is 20.8 Å². The minimum absolute atomic E-state index is 0.187. The predicted molar refractivity (Wildman–Crippen MR) is 123 cm³/mol. The van der Waals surface area contributed by atoms with Crippen molar-refractivity contribution in [3.63, 3.8) is 0 Å². The van der Waals surface area contributed by atoms with E-state index in [2.05, 4.69) is 27.9 Å². The molecule has 0 radical (unpaired) electrons. The first kappa shape index (κ1) is 35.4. The van der Waals surface area contributed by atoms with Crippen molar-refractivity contribution in [3.05, 3.63) is 60.6 Å². The van der Waals surface area contributed by atoms with Gasteiger partial charge in [0, 0.05) is 12.1 Å². The Morgan fingerprint density at radius 3 is 1.28 bits per heavy atom. The van der Waals surface area contributed by atoms with Crippen molar-refractivity contribution in [1.82, 2.24) is 0 Å². The zero-order valence-electron chi connectivity index (χ0n) is 20.6. The van der Waals surface area contributed by atoms with Crippen LogP contribution in [0.5, 0.6) is 34.5 Å². The Labute approximate surface area is 237 Å². The van der Waals surface area contributed by atoms with E-state index in [1.807, 2.05) is 0 Å². The summed E-state index contributed by atoms with van der Waals surface area (Å²) in [5.74, 6) is -2.61. The van der Waals surface area contributed by atoms with E-state index in [0.29, 0.717) is 0 Å². The molecule has 2 rings (SSSR count). The second-order valence-electron chi connectivity index (χ2n) is 6.92. The minimum Gasteiger partial charge on any atom is -0.487 e. The van der Waals surface area contributed by atoms with Gasteiger partial charge >= 0.3 is 45.0 Å². The molecule has 0 fully saturated rings. The van der Waals surface area contributed by atoms with Gasteiger partial charge in [0.15, 0.2) is 23.0 Å². The summed E-state index contributed by atoms with van der Waals surface area (Å²) in [6, 6.07) is 1.22. The maximum absolute atomic E-state index is 13.4. The number of benzene rings is 2. The first-order valence-electron chi connectivity index (χ1n) is 10.6. The highest BCUT2D eigenvalue weighted by atomic mass is 32.3. The summed E-state index contributed by atoms with van der Waals surface area (Å²) >= 11 is 0. The molecule has 0 aliphatic rings. The number of hydrogen-bond donors (Lipinski definition) is 2. The molecule has 0 amide bonds. The predicted octanol–water partition coefficient (Wildman–Crippen LogP) is 4.57. The van der Waals surface area contributed by atoms with Gasteiger partial charge in [-0.3, -0.25) is 9.11 Å². The molecule has 2 N–H and O–H groups in total. The monoisotopic (exact) mass is 674 g/mol. The smallest absolute Gasteiger partial charge is 0.424 e. The summed E-state index contributed by atoms with van der Waals surface area (Å²) in [5, 5.41) is 0. The van der Waals surface area contributed by atoms with Gasteiger partial charge in [-0.1, -0.05) is 8.67 Å². The number of rotatable bonds is 18. The van der Waals surface area contributed by atoms with E-state index in [1.54, 1.807) is 0 Å². The third-order valence-corrected chi connectivity index (χ3v) is 4.42. The Balaban J connectivity index is 2.27. The Bertz CT molecular complexity index is 1410. The van der Waals surface area contributed by atoms with Crippen molar-refractivity contribution in [2.45, 2.75) is 0 Å². The molecule has 0 heterocycles. The molecule has 0 bridgehead atoms. The molecule has 0 aromatic heterocycles. The van der Waals surface area contributed by atoms with Crippen molar-refractivity contribution < 1.29 is 94.4 Å². The average molecular weight is 674 g/mol. The van der Waals surface area contributed by atoms with Crippen molar-refractivity contribution in [2.24, 2.45) is 0 Å². The van der Waals surface area contributed by atoms with Gasteiger partial charge in [0.1, 0.15) is 37.9 Å². The molecule has 15 nitrogen and oxygen atoms in total. The van der Waals surface area contributed by atoms with Gasteiger partial charge in [0.2, 0.25) is 0 Å². The lowest BCUT2D eigenvalue weighted by atomic mass is 10.2. The molecule has 0 saturated heterocycles. The molecular weight excluding hydrogens is 658 g/mol. The molecule has 2 aromatic carbocycles. The van der Waals surface area contributed by atoms with Crippen LogP contribution >= 0.6 is 0 Å². The molecule has 43 heavy (non-hydrogen) atoms. The molecule has 23 heteroatoms. The van der Waals surface area contributed by atoms with Gasteiger partial charge in [-0.25, -0.2) is 9.78 Å². The summed E-state index contributed by atoms with van der Waals surface area (Å²) in [5.41, 5.74) is 0. The molecular formula is C20H16F6O15S2. The molecule has 0 spiro atoms. The van der Waals surface area contributed by atoms with Crippen molar-refractivity contribution in [3.8, 4) is 34.5 Å². The molecule has 0 unspecified atom stereocenters. The fourth-order valence-electron chi connectivity index (χ4n) is 2.47. The minimum atomic E-state index is -4.97. The zero-order chi connectivity index (χ0) is 32.2. The maximum Gasteiger partial charge on any atom is 0.424 e. The number of hydrogen-bond acceptors (Lipinski definition) is 13. The third kappa shape index (κ3) is 13.8. The SMILES string of the molecule is O=S(=O)(O)OOCCOc1cc(Oc2ccc(OC(F)=C(F)F)c(OCCOOS(=O)(=O)O)c2)ccc1OC(F)=C(F)F. The van der Waals surface area contributed by atoms with Crippen LogP contribution in [0.15, 0.2) is 60.6 Å². The maximum atomic E-state index is 13.4. The molecule has 2 aromatic rings. The second-order valence-corrected chi connectivity index (χ2v) is 8.91. The van der Waals surface area contributed by atoms with Gasteiger partial charge in [0.05, 0.1) is 0 Å².